The van der Waals surface area contributed by atoms with Crippen LogP contribution in [0, 0.1) is 0 Å². The number of piperidine rings is 1. The van der Waals surface area contributed by atoms with Gasteiger partial charge in [-0.05, 0) is 62.8 Å². The van der Waals surface area contributed by atoms with Crippen molar-refractivity contribution in [1.82, 2.24) is 25.5 Å². The van der Waals surface area contributed by atoms with Gasteiger partial charge < -0.3 is 26.0 Å². The van der Waals surface area contributed by atoms with Gasteiger partial charge in [-0.3, -0.25) is 4.79 Å². The Morgan fingerprint density at radius 3 is 2.37 bits per heavy atom. The molecule has 11 heteroatoms. The van der Waals surface area contributed by atoms with E-state index in [2.05, 4.69) is 30.8 Å². The van der Waals surface area contributed by atoms with Crippen LogP contribution in [0.3, 0.4) is 0 Å². The Balaban J connectivity index is 1.20. The molecule has 1 saturated carbocycles. The number of alkyl halides is 3. The molecular formula is C24H33F3N6O2. The zero-order valence-electron chi connectivity index (χ0n) is 19.7. The molecule has 0 unspecified atom stereocenters. The number of hydrogen-bond acceptors (Lipinski definition) is 7. The Morgan fingerprint density at radius 2 is 1.66 bits per heavy atom. The van der Waals surface area contributed by atoms with Gasteiger partial charge in [0.25, 0.3) is 5.91 Å². The first-order valence-corrected chi connectivity index (χ1v) is 12.3. The van der Waals surface area contributed by atoms with E-state index in [4.69, 9.17) is 0 Å². The van der Waals surface area contributed by atoms with Crippen LogP contribution in [0.2, 0.25) is 0 Å². The van der Waals surface area contributed by atoms with E-state index in [1.165, 1.54) is 6.07 Å². The average molecular weight is 495 g/mol. The fraction of sp³-hybridized carbons (Fsp3) is 0.625. The number of pyridine rings is 2. The summed E-state index contributed by atoms with van der Waals surface area (Å²) in [6.45, 7) is 2.57. The van der Waals surface area contributed by atoms with Crippen LogP contribution in [-0.4, -0.2) is 83.0 Å². The molecule has 0 atom stereocenters. The van der Waals surface area contributed by atoms with Crippen molar-refractivity contribution in [3.63, 3.8) is 0 Å². The SMILES string of the molecule is O=C(NC1CCN(CCNC2CCC(O)CC2)CC1)c1ccc2nc(NCC(F)(F)F)ccc2n1. The normalized spacial score (nSPS) is 22.3. The van der Waals surface area contributed by atoms with Gasteiger partial charge in [0.15, 0.2) is 0 Å². The molecule has 0 spiro atoms. The Hall–Kier alpha value is -2.50. The minimum Gasteiger partial charge on any atom is -0.393 e. The van der Waals surface area contributed by atoms with Gasteiger partial charge in [0.1, 0.15) is 18.1 Å². The molecule has 35 heavy (non-hydrogen) atoms. The van der Waals surface area contributed by atoms with Crippen LogP contribution in [0.25, 0.3) is 11.0 Å². The molecular weight excluding hydrogens is 461 g/mol. The molecule has 192 valence electrons. The molecule has 1 amide bonds. The molecule has 1 aliphatic carbocycles. The zero-order valence-corrected chi connectivity index (χ0v) is 19.7. The van der Waals surface area contributed by atoms with E-state index in [1.54, 1.807) is 18.2 Å². The highest BCUT2D eigenvalue weighted by Crippen LogP contribution is 2.19. The lowest BCUT2D eigenvalue weighted by Crippen LogP contribution is -2.47. The third-order valence-electron chi connectivity index (χ3n) is 6.73. The lowest BCUT2D eigenvalue weighted by molar-refractivity contribution is -0.115. The smallest absolute Gasteiger partial charge is 0.393 e. The third kappa shape index (κ3) is 7.74. The van der Waals surface area contributed by atoms with Crippen LogP contribution in [-0.2, 0) is 0 Å². The van der Waals surface area contributed by atoms with Crippen molar-refractivity contribution < 1.29 is 23.1 Å². The minimum atomic E-state index is -4.33. The van der Waals surface area contributed by atoms with Gasteiger partial charge in [0.05, 0.1) is 17.1 Å². The second-order valence-electron chi connectivity index (χ2n) is 9.45. The second kappa shape index (κ2) is 11.5. The fourth-order valence-electron chi connectivity index (χ4n) is 4.69. The maximum Gasteiger partial charge on any atom is 0.405 e. The van der Waals surface area contributed by atoms with Crippen LogP contribution < -0.4 is 16.0 Å². The van der Waals surface area contributed by atoms with Crippen molar-refractivity contribution >= 4 is 22.8 Å². The fourth-order valence-corrected chi connectivity index (χ4v) is 4.69. The van der Waals surface area contributed by atoms with Crippen molar-refractivity contribution in [2.24, 2.45) is 0 Å². The summed E-state index contributed by atoms with van der Waals surface area (Å²) in [6, 6.07) is 6.70. The molecule has 2 aromatic rings. The maximum absolute atomic E-state index is 12.7. The van der Waals surface area contributed by atoms with Crippen molar-refractivity contribution in [2.45, 2.75) is 62.9 Å². The summed E-state index contributed by atoms with van der Waals surface area (Å²) in [7, 11) is 0. The van der Waals surface area contributed by atoms with E-state index >= 15 is 0 Å². The van der Waals surface area contributed by atoms with Crippen LogP contribution in [0.15, 0.2) is 24.3 Å². The van der Waals surface area contributed by atoms with Crippen LogP contribution in [0.1, 0.15) is 49.0 Å². The number of hydrogen-bond donors (Lipinski definition) is 4. The summed E-state index contributed by atoms with van der Waals surface area (Å²) in [6.07, 6.45) is 1.09. The quantitative estimate of drug-likeness (QED) is 0.448. The van der Waals surface area contributed by atoms with Crippen molar-refractivity contribution in [3.05, 3.63) is 30.0 Å². The van der Waals surface area contributed by atoms with E-state index in [1.807, 2.05) is 0 Å². The van der Waals surface area contributed by atoms with Gasteiger partial charge in [0, 0.05) is 38.3 Å². The van der Waals surface area contributed by atoms with Gasteiger partial charge >= 0.3 is 6.18 Å². The number of rotatable bonds is 8. The number of carbonyl (C=O) groups is 1. The number of likely N-dealkylation sites (tertiary alicyclic amines) is 1. The lowest BCUT2D eigenvalue weighted by Gasteiger charge is -2.33. The Bertz CT molecular complexity index is 989. The van der Waals surface area contributed by atoms with Gasteiger partial charge in [-0.25, -0.2) is 9.97 Å². The molecule has 3 heterocycles. The van der Waals surface area contributed by atoms with Gasteiger partial charge in [0.2, 0.25) is 0 Å². The standard InChI is InChI=1S/C24H33F3N6O2/c25-24(26,27)15-29-22-8-7-19-20(32-22)5-6-21(31-19)23(35)30-17-9-12-33(13-10-17)14-11-28-16-1-3-18(34)4-2-16/h5-8,16-18,28,34H,1-4,9-15H2,(H,29,32)(H,30,35). The number of aromatic nitrogens is 2. The molecule has 2 fully saturated rings. The monoisotopic (exact) mass is 494 g/mol. The molecule has 2 aromatic heterocycles. The Morgan fingerprint density at radius 1 is 0.971 bits per heavy atom. The van der Waals surface area contributed by atoms with Crippen LogP contribution >= 0.6 is 0 Å². The largest absolute Gasteiger partial charge is 0.405 e. The first-order valence-electron chi connectivity index (χ1n) is 12.3. The number of aliphatic hydroxyl groups excluding tert-OH is 1. The lowest BCUT2D eigenvalue weighted by atomic mass is 9.93. The molecule has 0 radical (unpaired) electrons. The van der Waals surface area contributed by atoms with E-state index in [0.717, 1.165) is 64.7 Å². The van der Waals surface area contributed by atoms with E-state index in [0.29, 0.717) is 17.1 Å². The summed E-state index contributed by atoms with van der Waals surface area (Å²) >= 11 is 0. The summed E-state index contributed by atoms with van der Waals surface area (Å²) in [4.78, 5) is 23.6. The number of nitrogens with zero attached hydrogens (tertiary/aromatic N) is 3. The van der Waals surface area contributed by atoms with Crippen molar-refractivity contribution in [3.8, 4) is 0 Å². The minimum absolute atomic E-state index is 0.0797. The van der Waals surface area contributed by atoms with E-state index in [-0.39, 0.29) is 29.6 Å². The number of carbonyl (C=O) groups excluding carboxylic acids is 1. The predicted octanol–water partition coefficient (Wildman–Crippen LogP) is 2.69. The predicted molar refractivity (Wildman–Crippen MR) is 127 cm³/mol. The molecule has 4 N–H and O–H groups in total. The Labute approximate surface area is 202 Å². The van der Waals surface area contributed by atoms with E-state index in [9.17, 15) is 23.1 Å². The number of halogens is 3. The molecule has 8 nitrogen and oxygen atoms in total. The van der Waals surface area contributed by atoms with Crippen molar-refractivity contribution in [2.75, 3.05) is 38.0 Å². The summed E-state index contributed by atoms with van der Waals surface area (Å²) in [5.74, 6) is -0.154. The summed E-state index contributed by atoms with van der Waals surface area (Å²) < 4.78 is 37.2. The van der Waals surface area contributed by atoms with Crippen LogP contribution in [0.5, 0.6) is 0 Å². The average Bonchev–Trinajstić information content (AvgIpc) is 2.84. The molecule has 2 aliphatic rings. The number of anilines is 1. The molecule has 0 aromatic carbocycles. The van der Waals surface area contributed by atoms with Crippen molar-refractivity contribution in [1.29, 1.82) is 0 Å². The number of fused-ring (bicyclic) bond motifs is 1. The first-order chi connectivity index (χ1) is 16.7. The molecule has 1 aliphatic heterocycles. The number of amides is 1. The number of nitrogens with one attached hydrogen (secondary N) is 3. The van der Waals surface area contributed by atoms with Gasteiger partial charge in [-0.15, -0.1) is 0 Å². The third-order valence-corrected chi connectivity index (χ3v) is 6.73. The molecule has 1 saturated heterocycles. The Kier molecular flexibility index (Phi) is 8.40. The maximum atomic E-state index is 12.7. The van der Waals surface area contributed by atoms with E-state index < -0.39 is 12.7 Å². The highest BCUT2D eigenvalue weighted by Gasteiger charge is 2.27. The first kappa shape index (κ1) is 25.6. The topological polar surface area (TPSA) is 102 Å². The zero-order chi connectivity index (χ0) is 24.8. The van der Waals surface area contributed by atoms with Crippen LogP contribution in [0.4, 0.5) is 19.0 Å². The molecule has 4 rings (SSSR count). The van der Waals surface area contributed by atoms with Gasteiger partial charge in [-0.1, -0.05) is 0 Å². The van der Waals surface area contributed by atoms with Gasteiger partial charge in [-0.2, -0.15) is 13.2 Å². The highest BCUT2D eigenvalue weighted by atomic mass is 19.4. The molecule has 0 bridgehead atoms. The second-order valence-corrected chi connectivity index (χ2v) is 9.45. The summed E-state index contributed by atoms with van der Waals surface area (Å²) in [5.41, 5.74) is 1.13. The highest BCUT2D eigenvalue weighted by molar-refractivity contribution is 5.94. The summed E-state index contributed by atoms with van der Waals surface area (Å²) in [5, 5.41) is 18.5. The number of aliphatic hydroxyl groups is 1.